The molecular formula is C11H26NRe-. The van der Waals surface area contributed by atoms with Crippen LogP contribution in [0.1, 0.15) is 47.0 Å². The summed E-state index contributed by atoms with van der Waals surface area (Å²) in [7, 11) is 2.19. The van der Waals surface area contributed by atoms with Crippen LogP contribution in [0.2, 0.25) is 0 Å². The Bertz CT molecular complexity index is 67.1. The Morgan fingerprint density at radius 3 is 2.00 bits per heavy atom. The molecule has 0 aliphatic carbocycles. The first-order valence-electron chi connectivity index (χ1n) is 5.31. The van der Waals surface area contributed by atoms with E-state index in [-0.39, 0.29) is 20.4 Å². The van der Waals surface area contributed by atoms with Gasteiger partial charge in [-0.1, -0.05) is 27.7 Å². The van der Waals surface area contributed by atoms with Crippen LogP contribution in [-0.2, 0) is 20.4 Å². The summed E-state index contributed by atoms with van der Waals surface area (Å²) in [6.45, 7) is 10.9. The van der Waals surface area contributed by atoms with Crippen molar-refractivity contribution in [2.45, 2.75) is 47.0 Å². The molecule has 0 aliphatic rings. The molecule has 0 fully saturated rings. The molecule has 1 nitrogen and oxygen atoms in total. The van der Waals surface area contributed by atoms with Crippen molar-refractivity contribution in [1.82, 2.24) is 4.90 Å². The average Bonchev–Trinajstić information content (AvgIpc) is 2.09. The van der Waals surface area contributed by atoms with Crippen LogP contribution in [0, 0.1) is 6.42 Å². The van der Waals surface area contributed by atoms with Crippen LogP contribution in [-0.4, -0.2) is 25.0 Å². The first kappa shape index (κ1) is 19.2. The Labute approximate surface area is 98.9 Å². The zero-order valence-corrected chi connectivity index (χ0v) is 12.7. The maximum Gasteiger partial charge on any atom is 0 e. The van der Waals surface area contributed by atoms with Gasteiger partial charge in [-0.15, -0.1) is 0 Å². The van der Waals surface area contributed by atoms with Gasteiger partial charge in [-0.05, 0) is 26.6 Å². The number of hydrogen-bond donors (Lipinski definition) is 0. The maximum atomic E-state index is 2.38. The molecule has 0 saturated carbocycles. The third-order valence-electron chi connectivity index (χ3n) is 1.61. The van der Waals surface area contributed by atoms with Gasteiger partial charge in [0.25, 0.3) is 0 Å². The van der Waals surface area contributed by atoms with Crippen LogP contribution in [0.25, 0.3) is 0 Å². The number of nitrogens with zero attached hydrogens (tertiary/aromatic N) is 1. The van der Waals surface area contributed by atoms with E-state index < -0.39 is 0 Å². The van der Waals surface area contributed by atoms with E-state index >= 15 is 0 Å². The minimum Gasteiger partial charge on any atom is -0.328 e. The monoisotopic (exact) mass is 359 g/mol. The summed E-state index contributed by atoms with van der Waals surface area (Å²) in [5, 5.41) is 0. The van der Waals surface area contributed by atoms with E-state index in [1.54, 1.807) is 0 Å². The minimum atomic E-state index is 0. The van der Waals surface area contributed by atoms with Gasteiger partial charge in [-0.25, -0.2) is 0 Å². The smallest absolute Gasteiger partial charge is 0 e. The molecule has 0 amide bonds. The van der Waals surface area contributed by atoms with Gasteiger partial charge in [0.05, 0.1) is 0 Å². The van der Waals surface area contributed by atoms with Crippen molar-refractivity contribution in [2.75, 3.05) is 20.1 Å². The number of unbranched alkanes of at least 4 members (excludes halogenated alkanes) is 2. The van der Waals surface area contributed by atoms with Gasteiger partial charge in [-0.2, -0.15) is 12.8 Å². The van der Waals surface area contributed by atoms with E-state index in [4.69, 9.17) is 0 Å². The summed E-state index contributed by atoms with van der Waals surface area (Å²) in [4.78, 5) is 2.38. The van der Waals surface area contributed by atoms with Gasteiger partial charge in [0, 0.05) is 20.4 Å². The molecule has 0 rings (SSSR count). The molecule has 0 atom stereocenters. The second kappa shape index (κ2) is 18.4. The molecule has 0 saturated heterocycles. The predicted molar refractivity (Wildman–Crippen MR) is 58.3 cm³/mol. The largest absolute Gasteiger partial charge is 0.328 e. The molecule has 2 heteroatoms. The Morgan fingerprint density at radius 2 is 1.62 bits per heavy atom. The van der Waals surface area contributed by atoms with Gasteiger partial charge >= 0.3 is 0 Å². The molecule has 13 heavy (non-hydrogen) atoms. The molecule has 0 heterocycles. The predicted octanol–water partition coefficient (Wildman–Crippen LogP) is 3.36. The normalized spacial score (nSPS) is 8.77. The summed E-state index contributed by atoms with van der Waals surface area (Å²) in [6, 6.07) is 0. The van der Waals surface area contributed by atoms with Crippen molar-refractivity contribution in [2.24, 2.45) is 0 Å². The zero-order chi connectivity index (χ0) is 9.82. The van der Waals surface area contributed by atoms with Gasteiger partial charge in [0.1, 0.15) is 0 Å². The third-order valence-corrected chi connectivity index (χ3v) is 1.61. The second-order valence-electron chi connectivity index (χ2n) is 2.79. The first-order chi connectivity index (χ1) is 5.81. The van der Waals surface area contributed by atoms with Crippen LogP contribution in [0.5, 0.6) is 0 Å². The van der Waals surface area contributed by atoms with Gasteiger partial charge in [-0.3, -0.25) is 0 Å². The SMILES string of the molecule is CC.CC[CH-]CCN(C)CCC.[Re]. The topological polar surface area (TPSA) is 3.24 Å². The van der Waals surface area contributed by atoms with Crippen LogP contribution < -0.4 is 0 Å². The van der Waals surface area contributed by atoms with Gasteiger partial charge in [0.2, 0.25) is 0 Å². The van der Waals surface area contributed by atoms with Gasteiger partial charge in [0.15, 0.2) is 0 Å². The Morgan fingerprint density at radius 1 is 1.08 bits per heavy atom. The molecule has 83 valence electrons. The molecule has 0 aromatic rings. The van der Waals surface area contributed by atoms with Crippen LogP contribution in [0.15, 0.2) is 0 Å². The second-order valence-corrected chi connectivity index (χ2v) is 2.79. The van der Waals surface area contributed by atoms with E-state index in [9.17, 15) is 0 Å². The average molecular weight is 359 g/mol. The first-order valence-corrected chi connectivity index (χ1v) is 5.31. The standard InChI is InChI=1S/C9H20N.C2H6.Re/c1-4-6-7-9-10(3)8-5-2;1-2;/h6H,4-5,7-9H2,1-3H3;1-2H3;/q-1;;. The van der Waals surface area contributed by atoms with Crippen molar-refractivity contribution >= 4 is 0 Å². The third kappa shape index (κ3) is 19.2. The molecule has 0 aromatic carbocycles. The Hall–Kier alpha value is 0.622. The summed E-state index contributed by atoms with van der Waals surface area (Å²) in [5.74, 6) is 0. The Balaban J connectivity index is -0.000000309. The van der Waals surface area contributed by atoms with Crippen LogP contribution >= 0.6 is 0 Å². The van der Waals surface area contributed by atoms with Crippen LogP contribution in [0.3, 0.4) is 0 Å². The fourth-order valence-electron chi connectivity index (χ4n) is 1.01. The fraction of sp³-hybridized carbons (Fsp3) is 0.909. The molecule has 0 aromatic heterocycles. The number of rotatable bonds is 6. The summed E-state index contributed by atoms with van der Waals surface area (Å²) >= 11 is 0. The van der Waals surface area contributed by atoms with E-state index in [0.717, 1.165) is 0 Å². The van der Waals surface area contributed by atoms with Gasteiger partial charge < -0.3 is 11.3 Å². The summed E-state index contributed by atoms with van der Waals surface area (Å²) < 4.78 is 0. The molecule has 0 aliphatic heterocycles. The number of hydrogen-bond acceptors (Lipinski definition) is 1. The van der Waals surface area contributed by atoms with E-state index in [2.05, 4.69) is 32.2 Å². The van der Waals surface area contributed by atoms with Crippen molar-refractivity contribution < 1.29 is 20.4 Å². The quantitative estimate of drug-likeness (QED) is 0.520. The van der Waals surface area contributed by atoms with E-state index in [0.29, 0.717) is 0 Å². The van der Waals surface area contributed by atoms with Crippen LogP contribution in [0.4, 0.5) is 0 Å². The summed E-state index contributed by atoms with van der Waals surface area (Å²) in [5.41, 5.74) is 0. The minimum absolute atomic E-state index is 0. The maximum absolute atomic E-state index is 2.38. The van der Waals surface area contributed by atoms with Crippen molar-refractivity contribution in [1.29, 1.82) is 0 Å². The van der Waals surface area contributed by atoms with Crippen molar-refractivity contribution in [3.05, 3.63) is 6.42 Å². The molecule has 0 bridgehead atoms. The fourth-order valence-corrected chi connectivity index (χ4v) is 1.01. The molecule has 0 spiro atoms. The van der Waals surface area contributed by atoms with Crippen molar-refractivity contribution in [3.63, 3.8) is 0 Å². The zero-order valence-electron chi connectivity index (χ0n) is 9.94. The van der Waals surface area contributed by atoms with E-state index in [1.807, 2.05) is 13.8 Å². The Kier molecular flexibility index (Phi) is 27.2. The molecule has 1 radical (unpaired) electrons. The summed E-state index contributed by atoms with van der Waals surface area (Å²) in [6.07, 6.45) is 6.06. The molecular weight excluding hydrogens is 332 g/mol. The van der Waals surface area contributed by atoms with E-state index in [1.165, 1.54) is 32.4 Å². The molecule has 0 N–H and O–H groups in total. The van der Waals surface area contributed by atoms with Crippen molar-refractivity contribution in [3.8, 4) is 0 Å². The molecule has 0 unspecified atom stereocenters.